The third kappa shape index (κ3) is 7.65. The molecule has 3 aromatic carbocycles. The Morgan fingerprint density at radius 2 is 1.60 bits per heavy atom. The third-order valence-corrected chi connectivity index (χ3v) is 9.54. The van der Waals surface area contributed by atoms with E-state index in [2.05, 4.69) is 21.2 Å². The Morgan fingerprint density at radius 3 is 2.20 bits per heavy atom. The van der Waals surface area contributed by atoms with Gasteiger partial charge in [-0.05, 0) is 81.6 Å². The van der Waals surface area contributed by atoms with E-state index in [-0.39, 0.29) is 23.4 Å². The predicted octanol–water partition coefficient (Wildman–Crippen LogP) is 6.25. The van der Waals surface area contributed by atoms with Crippen molar-refractivity contribution in [2.24, 2.45) is 0 Å². The summed E-state index contributed by atoms with van der Waals surface area (Å²) in [7, 11) is -4.17. The van der Waals surface area contributed by atoms with Gasteiger partial charge in [0.15, 0.2) is 0 Å². The lowest BCUT2D eigenvalue weighted by atomic mass is 10.1. The van der Waals surface area contributed by atoms with Crippen LogP contribution in [0.3, 0.4) is 0 Å². The molecule has 0 radical (unpaired) electrons. The SMILES string of the molecule is CC[C@@H](C)NC(=O)[C@@H](C)N(Cc1ccc(Br)cc1)C(=O)CN(c1cccc(Cl)c1C)S(=O)(=O)c1ccc(C)cc1. The number of hydrogen-bond acceptors (Lipinski definition) is 4. The number of rotatable bonds is 11. The van der Waals surface area contributed by atoms with Crippen LogP contribution in [0, 0.1) is 13.8 Å². The van der Waals surface area contributed by atoms with Gasteiger partial charge in [-0.1, -0.05) is 70.3 Å². The van der Waals surface area contributed by atoms with Crippen molar-refractivity contribution < 1.29 is 18.0 Å². The number of halogens is 2. The molecule has 0 aliphatic heterocycles. The van der Waals surface area contributed by atoms with Crippen LogP contribution >= 0.6 is 27.5 Å². The fraction of sp³-hybridized carbons (Fsp3) is 0.333. The van der Waals surface area contributed by atoms with Crippen molar-refractivity contribution in [3.63, 3.8) is 0 Å². The van der Waals surface area contributed by atoms with Crippen LogP contribution in [-0.2, 0) is 26.2 Å². The molecule has 3 aromatic rings. The minimum Gasteiger partial charge on any atom is -0.352 e. The summed E-state index contributed by atoms with van der Waals surface area (Å²) in [6, 6.07) is 17.9. The standard InChI is InChI=1S/C30H35BrClN3O4S/c1-6-21(3)33-30(37)23(5)34(18-24-12-14-25(31)15-13-24)29(36)19-35(28-9-7-8-27(32)22(28)4)40(38,39)26-16-10-20(2)11-17-26/h7-17,21,23H,6,18-19H2,1-5H3,(H,33,37)/t21-,23-/m1/s1. The summed E-state index contributed by atoms with van der Waals surface area (Å²) in [6.07, 6.45) is 0.732. The molecule has 10 heteroatoms. The Bertz CT molecular complexity index is 1450. The van der Waals surface area contributed by atoms with Crippen LogP contribution in [0.25, 0.3) is 0 Å². The van der Waals surface area contributed by atoms with Crippen LogP contribution in [0.5, 0.6) is 0 Å². The molecule has 0 heterocycles. The number of carbonyl (C=O) groups is 2. The van der Waals surface area contributed by atoms with Crippen molar-refractivity contribution >= 4 is 55.1 Å². The fourth-order valence-corrected chi connectivity index (χ4v) is 5.96. The van der Waals surface area contributed by atoms with E-state index in [4.69, 9.17) is 11.6 Å². The smallest absolute Gasteiger partial charge is 0.264 e. The highest BCUT2D eigenvalue weighted by molar-refractivity contribution is 9.10. The van der Waals surface area contributed by atoms with Crippen LogP contribution < -0.4 is 9.62 Å². The first-order valence-electron chi connectivity index (χ1n) is 13.0. The summed E-state index contributed by atoms with van der Waals surface area (Å²) in [5.74, 6) is -0.837. The Hall–Kier alpha value is -2.88. The highest BCUT2D eigenvalue weighted by Gasteiger charge is 2.33. The maximum atomic E-state index is 14.0. The Kier molecular flexibility index (Phi) is 10.8. The summed E-state index contributed by atoms with van der Waals surface area (Å²) < 4.78 is 29.9. The first kappa shape index (κ1) is 31.6. The topological polar surface area (TPSA) is 86.8 Å². The van der Waals surface area contributed by atoms with Gasteiger partial charge < -0.3 is 10.2 Å². The van der Waals surface area contributed by atoms with E-state index >= 15 is 0 Å². The minimum atomic E-state index is -4.17. The van der Waals surface area contributed by atoms with Crippen LogP contribution in [0.2, 0.25) is 5.02 Å². The van der Waals surface area contributed by atoms with Crippen molar-refractivity contribution in [2.45, 2.75) is 64.6 Å². The van der Waals surface area contributed by atoms with Gasteiger partial charge in [0, 0.05) is 22.1 Å². The van der Waals surface area contributed by atoms with E-state index in [0.717, 1.165) is 26.3 Å². The average molecular weight is 649 g/mol. The summed E-state index contributed by atoms with van der Waals surface area (Å²) in [4.78, 5) is 28.6. The summed E-state index contributed by atoms with van der Waals surface area (Å²) in [5.41, 5.74) is 2.52. The molecular weight excluding hydrogens is 614 g/mol. The summed E-state index contributed by atoms with van der Waals surface area (Å²) >= 11 is 9.79. The number of aryl methyl sites for hydroxylation is 1. The van der Waals surface area contributed by atoms with Crippen LogP contribution in [0.15, 0.2) is 76.1 Å². The molecule has 0 aromatic heterocycles. The number of amides is 2. The van der Waals surface area contributed by atoms with Crippen molar-refractivity contribution in [3.05, 3.63) is 92.9 Å². The van der Waals surface area contributed by atoms with Gasteiger partial charge in [0.05, 0.1) is 10.6 Å². The molecule has 0 saturated carbocycles. The van der Waals surface area contributed by atoms with Crippen molar-refractivity contribution in [1.82, 2.24) is 10.2 Å². The maximum Gasteiger partial charge on any atom is 0.264 e. The Balaban J connectivity index is 2.06. The van der Waals surface area contributed by atoms with E-state index in [1.165, 1.54) is 17.0 Å². The minimum absolute atomic E-state index is 0.0484. The van der Waals surface area contributed by atoms with Gasteiger partial charge in [-0.3, -0.25) is 13.9 Å². The highest BCUT2D eigenvalue weighted by Crippen LogP contribution is 2.31. The molecule has 0 fully saturated rings. The molecule has 214 valence electrons. The predicted molar refractivity (Wildman–Crippen MR) is 164 cm³/mol. The van der Waals surface area contributed by atoms with E-state index in [0.29, 0.717) is 16.3 Å². The number of carbonyl (C=O) groups excluding carboxylic acids is 2. The zero-order valence-corrected chi connectivity index (χ0v) is 26.5. The number of hydrogen-bond donors (Lipinski definition) is 1. The second-order valence-corrected chi connectivity index (χ2v) is 13.0. The van der Waals surface area contributed by atoms with E-state index in [1.807, 2.05) is 45.0 Å². The van der Waals surface area contributed by atoms with Crippen molar-refractivity contribution in [1.29, 1.82) is 0 Å². The zero-order valence-electron chi connectivity index (χ0n) is 23.3. The molecule has 2 amide bonds. The molecule has 7 nitrogen and oxygen atoms in total. The quantitative estimate of drug-likeness (QED) is 0.267. The molecule has 0 aliphatic carbocycles. The van der Waals surface area contributed by atoms with Crippen LogP contribution in [0.4, 0.5) is 5.69 Å². The van der Waals surface area contributed by atoms with E-state index in [1.54, 1.807) is 44.2 Å². The van der Waals surface area contributed by atoms with Gasteiger partial charge >= 0.3 is 0 Å². The molecule has 0 aliphatic rings. The summed E-state index contributed by atoms with van der Waals surface area (Å²) in [6.45, 7) is 8.68. The Labute approximate surface area is 250 Å². The molecule has 1 N–H and O–H groups in total. The summed E-state index contributed by atoms with van der Waals surface area (Å²) in [5, 5.41) is 3.31. The van der Waals surface area contributed by atoms with Gasteiger partial charge in [0.2, 0.25) is 11.8 Å². The molecule has 0 unspecified atom stereocenters. The lowest BCUT2D eigenvalue weighted by Gasteiger charge is -2.33. The number of nitrogens with one attached hydrogen (secondary N) is 1. The monoisotopic (exact) mass is 647 g/mol. The molecule has 3 rings (SSSR count). The van der Waals surface area contributed by atoms with Gasteiger partial charge in [0.1, 0.15) is 12.6 Å². The molecule has 0 saturated heterocycles. The largest absolute Gasteiger partial charge is 0.352 e. The Morgan fingerprint density at radius 1 is 0.975 bits per heavy atom. The zero-order chi connectivity index (χ0) is 29.6. The van der Waals surface area contributed by atoms with Gasteiger partial charge in [-0.15, -0.1) is 0 Å². The first-order chi connectivity index (χ1) is 18.8. The van der Waals surface area contributed by atoms with Crippen molar-refractivity contribution in [3.8, 4) is 0 Å². The number of anilines is 1. The lowest BCUT2D eigenvalue weighted by Crippen LogP contribution is -2.52. The first-order valence-corrected chi connectivity index (χ1v) is 15.6. The average Bonchev–Trinajstić information content (AvgIpc) is 2.92. The number of benzene rings is 3. The molecule has 0 spiro atoms. The molecule has 40 heavy (non-hydrogen) atoms. The van der Waals surface area contributed by atoms with Gasteiger partial charge in [0.25, 0.3) is 10.0 Å². The van der Waals surface area contributed by atoms with Crippen LogP contribution in [0.1, 0.15) is 43.9 Å². The second-order valence-electron chi connectivity index (χ2n) is 9.85. The second kappa shape index (κ2) is 13.7. The lowest BCUT2D eigenvalue weighted by molar-refractivity contribution is -0.139. The number of nitrogens with zero attached hydrogens (tertiary/aromatic N) is 2. The third-order valence-electron chi connectivity index (χ3n) is 6.83. The maximum absolute atomic E-state index is 14.0. The number of sulfonamides is 1. The van der Waals surface area contributed by atoms with E-state index in [9.17, 15) is 18.0 Å². The van der Waals surface area contributed by atoms with Crippen LogP contribution in [-0.4, -0.2) is 43.8 Å². The van der Waals surface area contributed by atoms with Gasteiger partial charge in [-0.25, -0.2) is 8.42 Å². The normalized spacial score (nSPS) is 12.9. The van der Waals surface area contributed by atoms with Crippen molar-refractivity contribution in [2.75, 3.05) is 10.8 Å². The highest BCUT2D eigenvalue weighted by atomic mass is 79.9. The molecule has 0 bridgehead atoms. The molecule has 2 atom stereocenters. The fourth-order valence-electron chi connectivity index (χ4n) is 4.05. The van der Waals surface area contributed by atoms with Gasteiger partial charge in [-0.2, -0.15) is 0 Å². The van der Waals surface area contributed by atoms with E-state index < -0.39 is 28.5 Å². The molecular formula is C30H35BrClN3O4S.